The number of rotatable bonds is 8. The second-order valence-electron chi connectivity index (χ2n) is 8.10. The van der Waals surface area contributed by atoms with Gasteiger partial charge in [0.25, 0.3) is 6.43 Å². The van der Waals surface area contributed by atoms with Gasteiger partial charge in [-0.25, -0.2) is 18.0 Å². The molecule has 0 radical (unpaired) electrons. The molecule has 4 rings (SSSR count). The molecule has 0 N–H and O–H groups in total. The average molecular weight is 478 g/mol. The second kappa shape index (κ2) is 10.8. The molecule has 182 valence electrons. The van der Waals surface area contributed by atoms with Gasteiger partial charge >= 0.3 is 6.09 Å². The van der Waals surface area contributed by atoms with Crippen molar-refractivity contribution >= 4 is 23.3 Å². The highest BCUT2D eigenvalue weighted by molar-refractivity contribution is 5.90. The van der Waals surface area contributed by atoms with E-state index in [4.69, 9.17) is 9.57 Å². The van der Waals surface area contributed by atoms with Gasteiger partial charge in [-0.15, -0.1) is 0 Å². The summed E-state index contributed by atoms with van der Waals surface area (Å²) in [4.78, 5) is 36.3. The van der Waals surface area contributed by atoms with Crippen molar-refractivity contribution in [3.63, 3.8) is 0 Å². The number of carbonyl (C=O) groups excluding carboxylic acids is 2. The summed E-state index contributed by atoms with van der Waals surface area (Å²) in [5.74, 6) is -1.69. The molecule has 8 nitrogen and oxygen atoms in total. The molecule has 0 aliphatic carbocycles. The van der Waals surface area contributed by atoms with E-state index in [1.165, 1.54) is 11.0 Å². The number of pyridine rings is 1. The second-order valence-corrected chi connectivity index (χ2v) is 8.10. The van der Waals surface area contributed by atoms with Crippen LogP contribution in [0.3, 0.4) is 0 Å². The monoisotopic (exact) mass is 478 g/mol. The molecule has 2 aromatic rings. The number of Topliss-reactive ketones (excluding diaryl/α,β-unsaturated/α-hetero) is 1. The van der Waals surface area contributed by atoms with E-state index in [-0.39, 0.29) is 19.4 Å². The number of hydroxylamine groups is 2. The Labute approximate surface area is 194 Å². The predicted octanol–water partition coefficient (Wildman–Crippen LogP) is 3.41. The number of alkyl halides is 2. The third-order valence-electron chi connectivity index (χ3n) is 5.78. The highest BCUT2D eigenvalue weighted by atomic mass is 19.3. The number of cyclic esters (lactones) is 1. The fraction of sp³-hybridized carbons (Fsp3) is 0.435. The topological polar surface area (TPSA) is 75.2 Å². The molecule has 2 aliphatic heterocycles. The number of anilines is 2. The van der Waals surface area contributed by atoms with Gasteiger partial charge in [0.2, 0.25) is 0 Å². The van der Waals surface area contributed by atoms with Gasteiger partial charge in [-0.1, -0.05) is 0 Å². The normalized spacial score (nSPS) is 19.4. The van der Waals surface area contributed by atoms with Crippen LogP contribution < -0.4 is 9.80 Å². The van der Waals surface area contributed by atoms with Crippen LogP contribution in [-0.4, -0.2) is 67.2 Å². The van der Waals surface area contributed by atoms with Gasteiger partial charge < -0.3 is 9.64 Å². The van der Waals surface area contributed by atoms with E-state index in [0.29, 0.717) is 44.2 Å². The van der Waals surface area contributed by atoms with Gasteiger partial charge in [-0.3, -0.25) is 19.5 Å². The molecular weight excluding hydrogens is 453 g/mol. The molecule has 0 spiro atoms. The fourth-order valence-corrected chi connectivity index (χ4v) is 3.96. The minimum atomic E-state index is -3.04. The highest BCUT2D eigenvalue weighted by Crippen LogP contribution is 2.29. The summed E-state index contributed by atoms with van der Waals surface area (Å²) >= 11 is 0. The van der Waals surface area contributed by atoms with Gasteiger partial charge in [-0.05, 0) is 42.3 Å². The maximum atomic E-state index is 15.0. The third-order valence-corrected chi connectivity index (χ3v) is 5.78. The number of hydrogen-bond donors (Lipinski definition) is 0. The zero-order valence-electron chi connectivity index (χ0n) is 18.4. The Morgan fingerprint density at radius 3 is 2.68 bits per heavy atom. The van der Waals surface area contributed by atoms with Crippen molar-refractivity contribution in [2.45, 2.75) is 31.9 Å². The maximum Gasteiger partial charge on any atom is 0.414 e. The summed E-state index contributed by atoms with van der Waals surface area (Å²) in [5, 5.41) is 1.83. The summed E-state index contributed by atoms with van der Waals surface area (Å²) in [7, 11) is 0. The molecule has 1 aromatic carbocycles. The average Bonchev–Trinajstić information content (AvgIpc) is 3.04. The molecule has 2 fully saturated rings. The molecule has 0 saturated carbocycles. The van der Waals surface area contributed by atoms with E-state index in [9.17, 15) is 18.4 Å². The Morgan fingerprint density at radius 1 is 1.15 bits per heavy atom. The van der Waals surface area contributed by atoms with Gasteiger partial charge in [0.05, 0.1) is 24.5 Å². The smallest absolute Gasteiger partial charge is 0.414 e. The number of hydrogen-bond acceptors (Lipinski definition) is 7. The summed E-state index contributed by atoms with van der Waals surface area (Å²) in [6, 6.07) is 8.30. The summed E-state index contributed by atoms with van der Waals surface area (Å²) in [5.41, 5.74) is 1.76. The molecule has 34 heavy (non-hydrogen) atoms. The SMILES string of the molecule is O=C(CC[C@H]1CN(c2ccc(N3CCON(Cc4ccncc4)CC3)c(F)c2)C(=O)O1)C(F)F. The van der Waals surface area contributed by atoms with Crippen molar-refractivity contribution in [1.29, 1.82) is 0 Å². The number of nitrogens with zero attached hydrogens (tertiary/aromatic N) is 4. The Morgan fingerprint density at radius 2 is 1.94 bits per heavy atom. The largest absolute Gasteiger partial charge is 0.444 e. The van der Waals surface area contributed by atoms with E-state index in [1.54, 1.807) is 24.5 Å². The summed E-state index contributed by atoms with van der Waals surface area (Å²) < 4.78 is 44.9. The predicted molar refractivity (Wildman–Crippen MR) is 117 cm³/mol. The van der Waals surface area contributed by atoms with Crippen molar-refractivity contribution in [3.05, 3.63) is 54.1 Å². The highest BCUT2D eigenvalue weighted by Gasteiger charge is 2.33. The molecule has 2 saturated heterocycles. The number of carbonyl (C=O) groups is 2. The van der Waals surface area contributed by atoms with Gasteiger partial charge in [-0.2, -0.15) is 5.06 Å². The first-order valence-corrected chi connectivity index (χ1v) is 11.0. The molecular formula is C23H25F3N4O4. The Kier molecular flexibility index (Phi) is 7.63. The summed E-state index contributed by atoms with van der Waals surface area (Å²) in [6.45, 7) is 2.67. The quantitative estimate of drug-likeness (QED) is 0.576. The number of halogens is 3. The third kappa shape index (κ3) is 5.84. The van der Waals surface area contributed by atoms with Gasteiger partial charge in [0, 0.05) is 45.0 Å². The van der Waals surface area contributed by atoms with Crippen LogP contribution in [0.5, 0.6) is 0 Å². The van der Waals surface area contributed by atoms with Crippen LogP contribution in [0.1, 0.15) is 18.4 Å². The van der Waals surface area contributed by atoms with E-state index in [0.717, 1.165) is 5.56 Å². The molecule has 11 heteroatoms. The first kappa shape index (κ1) is 24.0. The van der Waals surface area contributed by atoms with Crippen molar-refractivity contribution in [1.82, 2.24) is 10.0 Å². The van der Waals surface area contributed by atoms with E-state index in [2.05, 4.69) is 4.98 Å². The lowest BCUT2D eigenvalue weighted by molar-refractivity contribution is -0.154. The van der Waals surface area contributed by atoms with Gasteiger partial charge in [0.1, 0.15) is 11.9 Å². The van der Waals surface area contributed by atoms with Crippen molar-refractivity contribution in [2.24, 2.45) is 0 Å². The van der Waals surface area contributed by atoms with Crippen LogP contribution in [0.4, 0.5) is 29.3 Å². The standard InChI is InChI=1S/C23H25F3N4O4/c24-19-13-17(30-15-18(34-23(30)32)2-4-21(31)22(25)26)1-3-20(19)28-9-10-29(33-12-11-28)14-16-5-7-27-8-6-16/h1,3,5-8,13,18,22H,2,4,9-12,14-15H2/t18-/m0/s1. The molecule has 2 aliphatic rings. The van der Waals surface area contributed by atoms with Crippen LogP contribution >= 0.6 is 0 Å². The van der Waals surface area contributed by atoms with Crippen molar-refractivity contribution in [2.75, 3.05) is 42.6 Å². The lowest BCUT2D eigenvalue weighted by atomic mass is 10.1. The van der Waals surface area contributed by atoms with Crippen molar-refractivity contribution in [3.8, 4) is 0 Å². The first-order valence-electron chi connectivity index (χ1n) is 11.0. The van der Waals surface area contributed by atoms with Gasteiger partial charge in [0.15, 0.2) is 5.78 Å². The molecule has 1 aromatic heterocycles. The van der Waals surface area contributed by atoms with Crippen LogP contribution in [0.15, 0.2) is 42.7 Å². The zero-order valence-corrected chi connectivity index (χ0v) is 18.4. The molecule has 3 heterocycles. The minimum Gasteiger partial charge on any atom is -0.444 e. The van der Waals surface area contributed by atoms with Crippen molar-refractivity contribution < 1.29 is 32.3 Å². The Hall–Kier alpha value is -3.18. The number of aromatic nitrogens is 1. The zero-order chi connectivity index (χ0) is 24.1. The Bertz CT molecular complexity index is 1010. The maximum absolute atomic E-state index is 15.0. The Balaban J connectivity index is 1.35. The number of benzene rings is 1. The summed E-state index contributed by atoms with van der Waals surface area (Å²) in [6.07, 6.45) is -1.39. The van der Waals surface area contributed by atoms with Crippen LogP contribution in [-0.2, 0) is 20.9 Å². The lowest BCUT2D eigenvalue weighted by Gasteiger charge is -2.24. The molecule has 0 unspecified atom stereocenters. The minimum absolute atomic E-state index is 0.00422. The van der Waals surface area contributed by atoms with E-state index < -0.39 is 30.2 Å². The molecule has 1 amide bonds. The molecule has 1 atom stereocenters. The first-order chi connectivity index (χ1) is 16.4. The van der Waals surface area contributed by atoms with E-state index in [1.807, 2.05) is 22.1 Å². The number of ketones is 1. The lowest BCUT2D eigenvalue weighted by Crippen LogP contribution is -2.31. The number of ether oxygens (including phenoxy) is 1. The molecule has 0 bridgehead atoms. The van der Waals surface area contributed by atoms with Crippen LogP contribution in [0, 0.1) is 5.82 Å². The van der Waals surface area contributed by atoms with E-state index >= 15 is 4.39 Å². The van der Waals surface area contributed by atoms with Crippen LogP contribution in [0.25, 0.3) is 0 Å². The number of amides is 1. The van der Waals surface area contributed by atoms with Crippen LogP contribution in [0.2, 0.25) is 0 Å². The fourth-order valence-electron chi connectivity index (χ4n) is 3.96.